The fourth-order valence-electron chi connectivity index (χ4n) is 1.75. The van der Waals surface area contributed by atoms with E-state index in [2.05, 4.69) is 29.5 Å². The molecule has 0 fully saturated rings. The zero-order valence-corrected chi connectivity index (χ0v) is 11.0. The Kier molecular flexibility index (Phi) is 3.60. The third-order valence-corrected chi connectivity index (χ3v) is 2.75. The van der Waals surface area contributed by atoms with E-state index in [1.54, 1.807) is 6.07 Å². The van der Waals surface area contributed by atoms with E-state index in [-0.39, 0.29) is 5.91 Å². The average molecular weight is 246 g/mol. The van der Waals surface area contributed by atoms with E-state index in [0.717, 1.165) is 17.6 Å². The largest absolute Gasteiger partial charge is 0.352 e. The van der Waals surface area contributed by atoms with Gasteiger partial charge < -0.3 is 5.32 Å². The summed E-state index contributed by atoms with van der Waals surface area (Å²) >= 11 is 0. The van der Waals surface area contributed by atoms with Crippen LogP contribution in [0.2, 0.25) is 0 Å². The van der Waals surface area contributed by atoms with Crippen LogP contribution in [0, 0.1) is 5.92 Å². The molecule has 1 N–H and O–H groups in total. The maximum atomic E-state index is 11.9. The van der Waals surface area contributed by atoms with Crippen molar-refractivity contribution in [1.29, 1.82) is 0 Å². The van der Waals surface area contributed by atoms with Crippen molar-refractivity contribution < 1.29 is 4.79 Å². The summed E-state index contributed by atoms with van der Waals surface area (Å²) in [5, 5.41) is 11.0. The fraction of sp³-hybridized carbons (Fsp3) is 0.462. The van der Waals surface area contributed by atoms with E-state index in [0.29, 0.717) is 18.0 Å². The Morgan fingerprint density at radius 3 is 2.89 bits per heavy atom. The van der Waals surface area contributed by atoms with Gasteiger partial charge in [-0.15, -0.1) is 5.10 Å². The number of fused-ring (bicyclic) bond motifs is 1. The lowest BCUT2D eigenvalue weighted by molar-refractivity contribution is 0.0949. The Bertz CT molecular complexity index is 559. The molecule has 5 nitrogen and oxygen atoms in total. The number of aryl methyl sites for hydroxylation is 1. The first-order valence-electron chi connectivity index (χ1n) is 6.23. The van der Waals surface area contributed by atoms with Gasteiger partial charge in [0.1, 0.15) is 5.52 Å². The number of nitrogens with one attached hydrogen (secondary N) is 1. The summed E-state index contributed by atoms with van der Waals surface area (Å²) in [6.45, 7) is 7.60. The van der Waals surface area contributed by atoms with E-state index in [4.69, 9.17) is 0 Å². The maximum Gasteiger partial charge on any atom is 0.251 e. The topological polar surface area (TPSA) is 59.8 Å². The van der Waals surface area contributed by atoms with E-state index < -0.39 is 0 Å². The molecule has 0 saturated heterocycles. The molecule has 0 radical (unpaired) electrons. The third-order valence-electron chi connectivity index (χ3n) is 2.75. The monoisotopic (exact) mass is 246 g/mol. The SMILES string of the molecule is CCn1nnc2cc(C(=O)NCC(C)C)ccc21. The first-order valence-corrected chi connectivity index (χ1v) is 6.23. The van der Waals surface area contributed by atoms with Crippen molar-refractivity contribution in [3.05, 3.63) is 23.8 Å². The van der Waals surface area contributed by atoms with Gasteiger partial charge in [-0.1, -0.05) is 19.1 Å². The lowest BCUT2D eigenvalue weighted by Gasteiger charge is -2.07. The number of benzene rings is 1. The molecular weight excluding hydrogens is 228 g/mol. The first kappa shape index (κ1) is 12.5. The molecule has 1 aromatic carbocycles. The van der Waals surface area contributed by atoms with Crippen LogP contribution in [0.4, 0.5) is 0 Å². The molecule has 18 heavy (non-hydrogen) atoms. The Morgan fingerprint density at radius 1 is 1.44 bits per heavy atom. The molecular formula is C13H18N4O. The molecule has 2 aromatic rings. The summed E-state index contributed by atoms with van der Waals surface area (Å²) < 4.78 is 1.81. The van der Waals surface area contributed by atoms with Crippen LogP contribution in [0.25, 0.3) is 11.0 Å². The lowest BCUT2D eigenvalue weighted by Crippen LogP contribution is -2.27. The molecule has 0 aliphatic rings. The molecule has 1 amide bonds. The summed E-state index contributed by atoms with van der Waals surface area (Å²) in [7, 11) is 0. The third kappa shape index (κ3) is 2.50. The highest BCUT2D eigenvalue weighted by Gasteiger charge is 2.09. The number of hydrogen-bond donors (Lipinski definition) is 1. The van der Waals surface area contributed by atoms with Gasteiger partial charge in [0.05, 0.1) is 5.52 Å². The average Bonchev–Trinajstić information content (AvgIpc) is 2.77. The first-order chi connectivity index (χ1) is 8.61. The fourth-order valence-corrected chi connectivity index (χ4v) is 1.75. The van der Waals surface area contributed by atoms with Crippen molar-refractivity contribution in [2.45, 2.75) is 27.3 Å². The Hall–Kier alpha value is -1.91. The number of hydrogen-bond acceptors (Lipinski definition) is 3. The number of carbonyl (C=O) groups is 1. The predicted molar refractivity (Wildman–Crippen MR) is 70.4 cm³/mol. The minimum Gasteiger partial charge on any atom is -0.352 e. The highest BCUT2D eigenvalue weighted by atomic mass is 16.1. The number of aromatic nitrogens is 3. The molecule has 0 aliphatic carbocycles. The summed E-state index contributed by atoms with van der Waals surface area (Å²) in [6, 6.07) is 5.49. The molecule has 0 spiro atoms. The van der Waals surface area contributed by atoms with Gasteiger partial charge in [0, 0.05) is 18.7 Å². The molecule has 0 atom stereocenters. The van der Waals surface area contributed by atoms with Crippen molar-refractivity contribution in [3.8, 4) is 0 Å². The zero-order valence-electron chi connectivity index (χ0n) is 11.0. The second kappa shape index (κ2) is 5.16. The maximum absolute atomic E-state index is 11.9. The summed E-state index contributed by atoms with van der Waals surface area (Å²) in [6.07, 6.45) is 0. The molecule has 1 aromatic heterocycles. The summed E-state index contributed by atoms with van der Waals surface area (Å²) in [5.41, 5.74) is 2.35. The Morgan fingerprint density at radius 2 is 2.22 bits per heavy atom. The van der Waals surface area contributed by atoms with Crippen LogP contribution in [0.3, 0.4) is 0 Å². The molecule has 2 rings (SSSR count). The standard InChI is InChI=1S/C13H18N4O/c1-4-17-12-6-5-10(7-11(12)15-16-17)13(18)14-8-9(2)3/h5-7,9H,4,8H2,1-3H3,(H,14,18). The van der Waals surface area contributed by atoms with Crippen LogP contribution in [0.1, 0.15) is 31.1 Å². The van der Waals surface area contributed by atoms with Crippen molar-refractivity contribution in [1.82, 2.24) is 20.3 Å². The van der Waals surface area contributed by atoms with Crippen LogP contribution in [0.15, 0.2) is 18.2 Å². The quantitative estimate of drug-likeness (QED) is 0.895. The van der Waals surface area contributed by atoms with Gasteiger partial charge in [0.2, 0.25) is 0 Å². The van der Waals surface area contributed by atoms with Gasteiger partial charge in [-0.05, 0) is 31.0 Å². The van der Waals surface area contributed by atoms with Gasteiger partial charge in [0.15, 0.2) is 0 Å². The van der Waals surface area contributed by atoms with Crippen molar-refractivity contribution in [2.24, 2.45) is 5.92 Å². The van der Waals surface area contributed by atoms with Crippen LogP contribution >= 0.6 is 0 Å². The number of nitrogens with zero attached hydrogens (tertiary/aromatic N) is 3. The van der Waals surface area contributed by atoms with Crippen LogP contribution in [-0.2, 0) is 6.54 Å². The molecule has 5 heteroatoms. The zero-order chi connectivity index (χ0) is 13.1. The van der Waals surface area contributed by atoms with E-state index in [9.17, 15) is 4.79 Å². The smallest absolute Gasteiger partial charge is 0.251 e. The molecule has 0 saturated carbocycles. The van der Waals surface area contributed by atoms with Crippen molar-refractivity contribution in [2.75, 3.05) is 6.54 Å². The highest BCUT2D eigenvalue weighted by Crippen LogP contribution is 2.13. The number of carbonyl (C=O) groups excluding carboxylic acids is 1. The van der Waals surface area contributed by atoms with Crippen LogP contribution in [-0.4, -0.2) is 27.4 Å². The minimum atomic E-state index is -0.0587. The number of amides is 1. The van der Waals surface area contributed by atoms with Crippen LogP contribution in [0.5, 0.6) is 0 Å². The molecule has 0 unspecified atom stereocenters. The van der Waals surface area contributed by atoms with Crippen LogP contribution < -0.4 is 5.32 Å². The Balaban J connectivity index is 2.22. The van der Waals surface area contributed by atoms with Gasteiger partial charge >= 0.3 is 0 Å². The van der Waals surface area contributed by atoms with E-state index in [1.165, 1.54) is 0 Å². The second-order valence-corrected chi connectivity index (χ2v) is 4.71. The van der Waals surface area contributed by atoms with E-state index >= 15 is 0 Å². The van der Waals surface area contributed by atoms with Gasteiger partial charge in [-0.2, -0.15) is 0 Å². The molecule has 0 aliphatic heterocycles. The predicted octanol–water partition coefficient (Wildman–Crippen LogP) is 1.84. The highest BCUT2D eigenvalue weighted by molar-refractivity contribution is 5.97. The van der Waals surface area contributed by atoms with Gasteiger partial charge in [-0.3, -0.25) is 4.79 Å². The van der Waals surface area contributed by atoms with Gasteiger partial charge in [0.25, 0.3) is 5.91 Å². The summed E-state index contributed by atoms with van der Waals surface area (Å²) in [4.78, 5) is 11.9. The minimum absolute atomic E-state index is 0.0587. The van der Waals surface area contributed by atoms with Crippen molar-refractivity contribution in [3.63, 3.8) is 0 Å². The molecule has 0 bridgehead atoms. The van der Waals surface area contributed by atoms with E-state index in [1.807, 2.05) is 23.7 Å². The molecule has 96 valence electrons. The lowest BCUT2D eigenvalue weighted by atomic mass is 10.1. The molecule has 1 heterocycles. The normalized spacial score (nSPS) is 11.1. The van der Waals surface area contributed by atoms with Gasteiger partial charge in [-0.25, -0.2) is 4.68 Å². The number of rotatable bonds is 4. The summed E-state index contributed by atoms with van der Waals surface area (Å²) in [5.74, 6) is 0.385. The van der Waals surface area contributed by atoms with Crippen molar-refractivity contribution >= 4 is 16.9 Å². The second-order valence-electron chi connectivity index (χ2n) is 4.71. The Labute approximate surface area is 106 Å².